The molecule has 0 heterocycles. The van der Waals surface area contributed by atoms with Crippen LogP contribution in [0.25, 0.3) is 0 Å². The van der Waals surface area contributed by atoms with Gasteiger partial charge in [-0.1, -0.05) is 0 Å². The second-order valence-corrected chi connectivity index (χ2v) is 3.31. The Bertz CT molecular complexity index is 134. The summed E-state index contributed by atoms with van der Waals surface area (Å²) in [7, 11) is 0. The maximum absolute atomic E-state index is 9.46. The fraction of sp³-hybridized carbons (Fsp3) is 1.00. The van der Waals surface area contributed by atoms with Gasteiger partial charge in [-0.15, -0.1) is 0 Å². The van der Waals surface area contributed by atoms with Crippen LogP contribution in [-0.4, -0.2) is 51.6 Å². The summed E-state index contributed by atoms with van der Waals surface area (Å²) in [6, 6.07) is 0. The summed E-state index contributed by atoms with van der Waals surface area (Å²) in [5.74, 6) is 0. The first kappa shape index (κ1) is 12.8. The molecule has 0 saturated carbocycles. The predicted molar refractivity (Wildman–Crippen MR) is 46.0 cm³/mol. The summed E-state index contributed by atoms with van der Waals surface area (Å²) in [5, 5.41) is 36.0. The Hall–Kier alpha value is -0.200. The van der Waals surface area contributed by atoms with E-state index in [1.165, 1.54) is 13.8 Å². The van der Waals surface area contributed by atoms with Crippen molar-refractivity contribution in [2.75, 3.05) is 13.2 Å². The topological polar surface area (TPSA) is 90.2 Å². The maximum Gasteiger partial charge on any atom is 0.156 e. The third kappa shape index (κ3) is 5.17. The molecule has 13 heavy (non-hydrogen) atoms. The molecular weight excluding hydrogens is 176 g/mol. The lowest BCUT2D eigenvalue weighted by Crippen LogP contribution is -2.43. The fourth-order valence-electron chi connectivity index (χ4n) is 0.579. The van der Waals surface area contributed by atoms with E-state index in [2.05, 4.69) is 0 Å². The van der Waals surface area contributed by atoms with Crippen LogP contribution in [0.3, 0.4) is 0 Å². The van der Waals surface area contributed by atoms with Crippen molar-refractivity contribution in [1.29, 1.82) is 0 Å². The van der Waals surface area contributed by atoms with Gasteiger partial charge in [-0.2, -0.15) is 0 Å². The molecule has 0 spiro atoms. The van der Waals surface area contributed by atoms with Crippen LogP contribution in [0, 0.1) is 0 Å². The second-order valence-electron chi connectivity index (χ2n) is 3.31. The van der Waals surface area contributed by atoms with Crippen molar-refractivity contribution in [3.8, 4) is 0 Å². The van der Waals surface area contributed by atoms with E-state index in [1.54, 1.807) is 0 Å². The van der Waals surface area contributed by atoms with E-state index in [0.717, 1.165) is 0 Å². The second kappa shape index (κ2) is 5.51. The molecule has 0 aromatic heterocycles. The average molecular weight is 194 g/mol. The molecular formula is C8H18O5. The Labute approximate surface area is 77.6 Å². The lowest BCUT2D eigenvalue weighted by molar-refractivity contribution is -0.172. The third-order valence-corrected chi connectivity index (χ3v) is 1.84. The highest BCUT2D eigenvalue weighted by Crippen LogP contribution is 2.11. The van der Waals surface area contributed by atoms with Crippen LogP contribution in [-0.2, 0) is 4.74 Å². The van der Waals surface area contributed by atoms with E-state index in [0.29, 0.717) is 0 Å². The number of aliphatic hydroxyl groups is 4. The van der Waals surface area contributed by atoms with Gasteiger partial charge in [-0.25, -0.2) is 0 Å². The normalized spacial score (nSPS) is 20.8. The molecule has 0 aromatic carbocycles. The molecule has 0 aliphatic carbocycles. The van der Waals surface area contributed by atoms with E-state index in [1.807, 2.05) is 0 Å². The van der Waals surface area contributed by atoms with Gasteiger partial charge in [0.1, 0.15) is 5.60 Å². The Morgan fingerprint density at radius 1 is 1.38 bits per heavy atom. The summed E-state index contributed by atoms with van der Waals surface area (Å²) in [4.78, 5) is 0. The minimum absolute atomic E-state index is 0.0931. The van der Waals surface area contributed by atoms with Crippen LogP contribution in [0.4, 0.5) is 0 Å². The summed E-state index contributed by atoms with van der Waals surface area (Å²) in [6.45, 7) is 2.48. The molecule has 3 atom stereocenters. The Kier molecular flexibility index (Phi) is 5.43. The number of hydrogen-bond donors (Lipinski definition) is 4. The van der Waals surface area contributed by atoms with Crippen molar-refractivity contribution >= 4 is 0 Å². The number of aliphatic hydroxyl groups excluding tert-OH is 3. The Morgan fingerprint density at radius 3 is 2.31 bits per heavy atom. The lowest BCUT2D eigenvalue weighted by atomic mass is 10.0. The zero-order valence-electron chi connectivity index (χ0n) is 7.97. The molecule has 0 fully saturated rings. The summed E-state index contributed by atoms with van der Waals surface area (Å²) >= 11 is 0. The van der Waals surface area contributed by atoms with E-state index >= 15 is 0 Å². The standard InChI is InChI=1S/C8H18O5/c1-6(10)8(2,12)5-13-7(11)3-4-9/h6-7,9-12H,3-5H2,1-2H3. The molecule has 0 saturated heterocycles. The van der Waals surface area contributed by atoms with Crippen molar-refractivity contribution in [2.24, 2.45) is 0 Å². The summed E-state index contributed by atoms with van der Waals surface area (Å²) < 4.78 is 4.79. The van der Waals surface area contributed by atoms with Gasteiger partial charge in [0.25, 0.3) is 0 Å². The highest BCUT2D eigenvalue weighted by Gasteiger charge is 2.27. The summed E-state index contributed by atoms with van der Waals surface area (Å²) in [6.07, 6.45) is -1.94. The van der Waals surface area contributed by atoms with Crippen LogP contribution in [0.15, 0.2) is 0 Å². The SMILES string of the molecule is CC(O)C(C)(O)COC(O)CCO. The molecule has 0 bridgehead atoms. The first-order valence-electron chi connectivity index (χ1n) is 4.21. The van der Waals surface area contributed by atoms with Gasteiger partial charge in [0.05, 0.1) is 12.7 Å². The molecule has 5 nitrogen and oxygen atoms in total. The van der Waals surface area contributed by atoms with E-state index in [9.17, 15) is 5.11 Å². The number of ether oxygens (including phenoxy) is 1. The molecule has 0 radical (unpaired) electrons. The van der Waals surface area contributed by atoms with Crippen LogP contribution in [0.5, 0.6) is 0 Å². The van der Waals surface area contributed by atoms with Gasteiger partial charge >= 0.3 is 0 Å². The van der Waals surface area contributed by atoms with Gasteiger partial charge < -0.3 is 25.2 Å². The van der Waals surface area contributed by atoms with Crippen molar-refractivity contribution in [3.05, 3.63) is 0 Å². The average Bonchev–Trinajstić information content (AvgIpc) is 2.01. The van der Waals surface area contributed by atoms with Gasteiger partial charge in [-0.05, 0) is 13.8 Å². The van der Waals surface area contributed by atoms with Gasteiger partial charge in [0, 0.05) is 13.0 Å². The highest BCUT2D eigenvalue weighted by atomic mass is 16.6. The van der Waals surface area contributed by atoms with Crippen molar-refractivity contribution in [1.82, 2.24) is 0 Å². The lowest BCUT2D eigenvalue weighted by Gasteiger charge is -2.27. The van der Waals surface area contributed by atoms with E-state index in [4.69, 9.17) is 20.1 Å². The minimum atomic E-state index is -1.38. The zero-order chi connectivity index (χ0) is 10.5. The Morgan fingerprint density at radius 2 is 1.92 bits per heavy atom. The predicted octanol–water partition coefficient (Wildman–Crippen LogP) is -1.16. The van der Waals surface area contributed by atoms with Gasteiger partial charge in [0.2, 0.25) is 0 Å². The van der Waals surface area contributed by atoms with Crippen molar-refractivity contribution in [3.63, 3.8) is 0 Å². The molecule has 0 aliphatic rings. The molecule has 0 rings (SSSR count). The number of rotatable bonds is 6. The smallest absolute Gasteiger partial charge is 0.156 e. The third-order valence-electron chi connectivity index (χ3n) is 1.84. The maximum atomic E-state index is 9.46. The quantitative estimate of drug-likeness (QED) is 0.400. The molecule has 0 aliphatic heterocycles. The fourth-order valence-corrected chi connectivity index (χ4v) is 0.579. The minimum Gasteiger partial charge on any atom is -0.396 e. The largest absolute Gasteiger partial charge is 0.396 e. The number of hydrogen-bond acceptors (Lipinski definition) is 5. The van der Waals surface area contributed by atoms with Crippen molar-refractivity contribution < 1.29 is 25.2 Å². The van der Waals surface area contributed by atoms with Crippen LogP contribution < -0.4 is 0 Å². The van der Waals surface area contributed by atoms with Gasteiger partial charge in [-0.3, -0.25) is 0 Å². The molecule has 0 amide bonds. The van der Waals surface area contributed by atoms with E-state index < -0.39 is 18.0 Å². The zero-order valence-corrected chi connectivity index (χ0v) is 7.97. The summed E-state index contributed by atoms with van der Waals surface area (Å²) in [5.41, 5.74) is -1.38. The molecule has 0 aromatic rings. The molecule has 80 valence electrons. The molecule has 5 heteroatoms. The van der Waals surface area contributed by atoms with Crippen LogP contribution in [0.2, 0.25) is 0 Å². The Balaban J connectivity index is 3.74. The molecule has 3 unspecified atom stereocenters. The van der Waals surface area contributed by atoms with E-state index in [-0.39, 0.29) is 19.6 Å². The van der Waals surface area contributed by atoms with Crippen molar-refractivity contribution in [2.45, 2.75) is 38.3 Å². The highest BCUT2D eigenvalue weighted by molar-refractivity contribution is 4.77. The first-order chi connectivity index (χ1) is 5.90. The van der Waals surface area contributed by atoms with Crippen LogP contribution in [0.1, 0.15) is 20.3 Å². The van der Waals surface area contributed by atoms with Gasteiger partial charge in [0.15, 0.2) is 6.29 Å². The molecule has 4 N–H and O–H groups in total. The van der Waals surface area contributed by atoms with Crippen LogP contribution >= 0.6 is 0 Å². The first-order valence-corrected chi connectivity index (χ1v) is 4.21. The monoisotopic (exact) mass is 194 g/mol.